The number of carbonyl (C=O) groups excluding carboxylic acids is 1. The summed E-state index contributed by atoms with van der Waals surface area (Å²) >= 11 is 7.24. The lowest BCUT2D eigenvalue weighted by molar-refractivity contribution is -0.113. The zero-order chi connectivity index (χ0) is 17.6. The summed E-state index contributed by atoms with van der Waals surface area (Å²) in [5.41, 5.74) is 1.83. The van der Waals surface area contributed by atoms with Crippen molar-refractivity contribution in [2.75, 3.05) is 11.1 Å². The molecule has 0 atom stereocenters. The van der Waals surface area contributed by atoms with E-state index in [1.165, 1.54) is 11.8 Å². The first kappa shape index (κ1) is 17.0. The van der Waals surface area contributed by atoms with Crippen molar-refractivity contribution >= 4 is 35.0 Å². The van der Waals surface area contributed by atoms with Crippen LogP contribution in [0.25, 0.3) is 5.69 Å². The molecule has 0 unspecified atom stereocenters. The number of nitrogens with one attached hydrogen (secondary N) is 1. The highest BCUT2D eigenvalue weighted by Gasteiger charge is 2.11. The second-order valence-corrected chi connectivity index (χ2v) is 6.31. The largest absolute Gasteiger partial charge is 0.325 e. The van der Waals surface area contributed by atoms with Crippen molar-refractivity contribution in [3.63, 3.8) is 0 Å². The van der Waals surface area contributed by atoms with Crippen molar-refractivity contribution in [1.29, 1.82) is 5.26 Å². The number of nitrogens with zero attached hydrogens (tertiary/aromatic N) is 4. The summed E-state index contributed by atoms with van der Waals surface area (Å²) in [6.07, 6.45) is 1.61. The second-order valence-electron chi connectivity index (χ2n) is 4.96. The lowest BCUT2D eigenvalue weighted by Gasteiger charge is -2.07. The number of nitriles is 1. The molecule has 0 fully saturated rings. The first-order valence-electron chi connectivity index (χ1n) is 7.25. The molecule has 0 aliphatic carbocycles. The van der Waals surface area contributed by atoms with Gasteiger partial charge in [0.05, 0.1) is 16.3 Å². The molecule has 1 N–H and O–H groups in total. The van der Waals surface area contributed by atoms with E-state index in [1.54, 1.807) is 24.5 Å². The highest BCUT2D eigenvalue weighted by molar-refractivity contribution is 7.99. The molecule has 0 bridgehead atoms. The van der Waals surface area contributed by atoms with E-state index in [2.05, 4.69) is 15.5 Å². The molecule has 1 aromatic heterocycles. The van der Waals surface area contributed by atoms with Gasteiger partial charge in [0, 0.05) is 11.4 Å². The topological polar surface area (TPSA) is 83.6 Å². The molecule has 0 saturated heterocycles. The fourth-order valence-corrected chi connectivity index (χ4v) is 3.05. The molecular formula is C17H12ClN5OS. The first-order valence-corrected chi connectivity index (χ1v) is 8.61. The van der Waals surface area contributed by atoms with Gasteiger partial charge >= 0.3 is 0 Å². The Morgan fingerprint density at radius 2 is 2.08 bits per heavy atom. The van der Waals surface area contributed by atoms with E-state index in [9.17, 15) is 4.79 Å². The molecule has 1 heterocycles. The van der Waals surface area contributed by atoms with Crippen LogP contribution in [-0.4, -0.2) is 26.4 Å². The van der Waals surface area contributed by atoms with Crippen LogP contribution in [-0.2, 0) is 4.79 Å². The summed E-state index contributed by atoms with van der Waals surface area (Å²) in [6, 6.07) is 16.4. The normalized spacial score (nSPS) is 10.2. The van der Waals surface area contributed by atoms with Gasteiger partial charge in [-0.3, -0.25) is 9.36 Å². The predicted molar refractivity (Wildman–Crippen MR) is 96.9 cm³/mol. The summed E-state index contributed by atoms with van der Waals surface area (Å²) in [6.45, 7) is 0. The lowest BCUT2D eigenvalue weighted by atomic mass is 10.2. The second kappa shape index (κ2) is 7.83. The van der Waals surface area contributed by atoms with Crippen LogP contribution in [0.4, 0.5) is 5.69 Å². The summed E-state index contributed by atoms with van der Waals surface area (Å²) in [4.78, 5) is 12.1. The van der Waals surface area contributed by atoms with Gasteiger partial charge in [-0.2, -0.15) is 5.26 Å². The van der Waals surface area contributed by atoms with Crippen LogP contribution in [0.1, 0.15) is 5.56 Å². The van der Waals surface area contributed by atoms with Gasteiger partial charge in [-0.05, 0) is 30.3 Å². The van der Waals surface area contributed by atoms with Gasteiger partial charge in [0.2, 0.25) is 5.91 Å². The Kier molecular flexibility index (Phi) is 5.33. The molecule has 0 spiro atoms. The highest BCUT2D eigenvalue weighted by atomic mass is 35.5. The number of benzene rings is 2. The number of thioether (sulfide) groups is 1. The molecule has 3 rings (SSSR count). The number of para-hydroxylation sites is 1. The summed E-state index contributed by atoms with van der Waals surface area (Å²) in [7, 11) is 0. The minimum atomic E-state index is -0.201. The third-order valence-electron chi connectivity index (χ3n) is 3.26. The van der Waals surface area contributed by atoms with E-state index in [4.69, 9.17) is 16.9 Å². The van der Waals surface area contributed by atoms with Crippen LogP contribution in [0.2, 0.25) is 5.02 Å². The number of rotatable bonds is 5. The highest BCUT2D eigenvalue weighted by Crippen LogP contribution is 2.22. The Morgan fingerprint density at radius 1 is 1.28 bits per heavy atom. The quantitative estimate of drug-likeness (QED) is 0.695. The Hall–Kier alpha value is -2.82. The molecule has 2 aromatic carbocycles. The molecule has 0 radical (unpaired) electrons. The van der Waals surface area contributed by atoms with Crippen LogP contribution in [0.5, 0.6) is 0 Å². The van der Waals surface area contributed by atoms with Crippen molar-refractivity contribution in [3.05, 3.63) is 65.4 Å². The fourth-order valence-electron chi connectivity index (χ4n) is 2.10. The number of carbonyl (C=O) groups is 1. The smallest absolute Gasteiger partial charge is 0.234 e. The van der Waals surface area contributed by atoms with Crippen LogP contribution in [0, 0.1) is 11.3 Å². The number of hydrogen-bond acceptors (Lipinski definition) is 5. The molecule has 124 valence electrons. The Labute approximate surface area is 153 Å². The molecule has 8 heteroatoms. The minimum Gasteiger partial charge on any atom is -0.325 e. The average molecular weight is 370 g/mol. The van der Waals surface area contributed by atoms with Crippen molar-refractivity contribution in [3.8, 4) is 11.8 Å². The van der Waals surface area contributed by atoms with Gasteiger partial charge in [-0.15, -0.1) is 10.2 Å². The third kappa shape index (κ3) is 4.18. The molecular weight excluding hydrogens is 358 g/mol. The summed E-state index contributed by atoms with van der Waals surface area (Å²) < 4.78 is 1.82. The molecule has 0 aliphatic rings. The van der Waals surface area contributed by atoms with Crippen LogP contribution >= 0.6 is 23.4 Å². The van der Waals surface area contributed by atoms with Gasteiger partial charge in [0.15, 0.2) is 5.16 Å². The maximum Gasteiger partial charge on any atom is 0.234 e. The Bertz CT molecular complexity index is 936. The van der Waals surface area contributed by atoms with E-state index < -0.39 is 0 Å². The van der Waals surface area contributed by atoms with E-state index in [-0.39, 0.29) is 11.7 Å². The number of hydrogen-bond donors (Lipinski definition) is 1. The molecule has 25 heavy (non-hydrogen) atoms. The number of aromatic nitrogens is 3. The lowest BCUT2D eigenvalue weighted by Crippen LogP contribution is -2.14. The van der Waals surface area contributed by atoms with Crippen LogP contribution in [0.3, 0.4) is 0 Å². The van der Waals surface area contributed by atoms with Crippen LogP contribution < -0.4 is 5.32 Å². The predicted octanol–water partition coefficient (Wildman–Crippen LogP) is 3.52. The van der Waals surface area contributed by atoms with E-state index in [1.807, 2.05) is 41.0 Å². The Morgan fingerprint density at radius 3 is 2.80 bits per heavy atom. The van der Waals surface area contributed by atoms with Gasteiger partial charge in [-0.1, -0.05) is 41.6 Å². The number of halogens is 1. The van der Waals surface area contributed by atoms with E-state index >= 15 is 0 Å². The SMILES string of the molecule is N#Cc1ccc(NC(=O)CSc2nncn2-c2ccccc2)cc1Cl. The average Bonchev–Trinajstić information content (AvgIpc) is 3.09. The van der Waals surface area contributed by atoms with Gasteiger partial charge < -0.3 is 5.32 Å². The van der Waals surface area contributed by atoms with Crippen molar-refractivity contribution in [2.45, 2.75) is 5.16 Å². The van der Waals surface area contributed by atoms with Crippen molar-refractivity contribution in [2.24, 2.45) is 0 Å². The molecule has 0 aliphatic heterocycles. The van der Waals surface area contributed by atoms with Crippen LogP contribution in [0.15, 0.2) is 60.0 Å². The van der Waals surface area contributed by atoms with E-state index in [0.29, 0.717) is 21.4 Å². The minimum absolute atomic E-state index is 0.170. The monoisotopic (exact) mass is 369 g/mol. The third-order valence-corrected chi connectivity index (χ3v) is 4.51. The first-order chi connectivity index (χ1) is 12.2. The molecule has 1 amide bonds. The zero-order valence-corrected chi connectivity index (χ0v) is 14.5. The van der Waals surface area contributed by atoms with Crippen molar-refractivity contribution in [1.82, 2.24) is 14.8 Å². The Balaban J connectivity index is 1.63. The van der Waals surface area contributed by atoms with Gasteiger partial charge in [0.25, 0.3) is 0 Å². The zero-order valence-electron chi connectivity index (χ0n) is 12.9. The summed E-state index contributed by atoms with van der Waals surface area (Å²) in [5.74, 6) is -0.0308. The van der Waals surface area contributed by atoms with Gasteiger partial charge in [-0.25, -0.2) is 0 Å². The fraction of sp³-hybridized carbons (Fsp3) is 0.0588. The molecule has 3 aromatic rings. The standard InChI is InChI=1S/C17H12ClN5OS/c18-15-8-13(7-6-12(15)9-19)21-16(24)10-25-17-22-20-11-23(17)14-4-2-1-3-5-14/h1-8,11H,10H2,(H,21,24). The van der Waals surface area contributed by atoms with Gasteiger partial charge in [0.1, 0.15) is 12.4 Å². The molecule has 6 nitrogen and oxygen atoms in total. The van der Waals surface area contributed by atoms with Crippen molar-refractivity contribution < 1.29 is 4.79 Å². The number of anilines is 1. The maximum atomic E-state index is 12.1. The van der Waals surface area contributed by atoms with E-state index in [0.717, 1.165) is 5.69 Å². The number of amides is 1. The maximum absolute atomic E-state index is 12.1. The summed E-state index contributed by atoms with van der Waals surface area (Å²) in [5, 5.41) is 20.5. The molecule has 0 saturated carbocycles.